The van der Waals surface area contributed by atoms with Crippen molar-refractivity contribution in [2.75, 3.05) is 6.54 Å². The van der Waals surface area contributed by atoms with Gasteiger partial charge in [0, 0.05) is 17.0 Å². The van der Waals surface area contributed by atoms with Crippen molar-refractivity contribution in [1.29, 1.82) is 0 Å². The van der Waals surface area contributed by atoms with Gasteiger partial charge in [0.1, 0.15) is 0 Å². The lowest BCUT2D eigenvalue weighted by Crippen LogP contribution is -2.05. The van der Waals surface area contributed by atoms with Crippen molar-refractivity contribution in [2.45, 2.75) is 26.7 Å². The van der Waals surface area contributed by atoms with Crippen molar-refractivity contribution >= 4 is 5.69 Å². The van der Waals surface area contributed by atoms with E-state index in [1.165, 1.54) is 0 Å². The Morgan fingerprint density at radius 2 is 2.12 bits per heavy atom. The number of hydrogen-bond donors (Lipinski definition) is 1. The molecule has 1 saturated carbocycles. The zero-order valence-corrected chi connectivity index (χ0v) is 10.4. The third-order valence-electron chi connectivity index (χ3n) is 4.09. The van der Waals surface area contributed by atoms with Gasteiger partial charge in [-0.15, -0.1) is 0 Å². The molecular formula is C13H18N2O2. The number of nitrogens with two attached hydrogens (primary N) is 1. The highest BCUT2D eigenvalue weighted by molar-refractivity contribution is 5.52. The molecular weight excluding hydrogens is 216 g/mol. The van der Waals surface area contributed by atoms with Crippen LogP contribution in [-0.2, 0) is 0 Å². The molecule has 0 aromatic heterocycles. The van der Waals surface area contributed by atoms with Crippen molar-refractivity contribution in [2.24, 2.45) is 17.1 Å². The number of nitro groups is 1. The maximum Gasteiger partial charge on any atom is 0.275 e. The molecule has 0 radical (unpaired) electrons. The van der Waals surface area contributed by atoms with Crippen LogP contribution in [0, 0.1) is 28.4 Å². The van der Waals surface area contributed by atoms with E-state index in [0.717, 1.165) is 11.1 Å². The number of aryl methyl sites for hydroxylation is 1. The summed E-state index contributed by atoms with van der Waals surface area (Å²) < 4.78 is 0. The highest BCUT2D eigenvalue weighted by Gasteiger charge is 2.59. The number of nitro benzene ring substituents is 1. The standard InChI is InChI=1S/C13H18N2O2/c1-8-5-4-6-9(12(8)15(16)17)11-10(7-14)13(11,2)3/h4-6,10-11H,7,14H2,1-3H3/t10-,11-/m1/s1. The Morgan fingerprint density at radius 3 is 2.59 bits per heavy atom. The smallest absolute Gasteiger partial charge is 0.275 e. The molecule has 4 nitrogen and oxygen atoms in total. The van der Waals surface area contributed by atoms with Crippen molar-refractivity contribution in [1.82, 2.24) is 0 Å². The molecule has 0 aliphatic heterocycles. The first-order valence-electron chi connectivity index (χ1n) is 5.85. The van der Waals surface area contributed by atoms with Crippen molar-refractivity contribution in [3.8, 4) is 0 Å². The average molecular weight is 234 g/mol. The Bertz CT molecular complexity index is 468. The van der Waals surface area contributed by atoms with Crippen LogP contribution in [0.25, 0.3) is 0 Å². The Balaban J connectivity index is 2.48. The van der Waals surface area contributed by atoms with Gasteiger partial charge in [0.25, 0.3) is 5.69 Å². The minimum absolute atomic E-state index is 0.0767. The van der Waals surface area contributed by atoms with Crippen LogP contribution < -0.4 is 5.73 Å². The maximum absolute atomic E-state index is 11.2. The third kappa shape index (κ3) is 1.72. The summed E-state index contributed by atoms with van der Waals surface area (Å²) in [5.74, 6) is 0.566. The normalized spacial score (nSPS) is 25.6. The molecule has 92 valence electrons. The molecule has 0 amide bonds. The first-order chi connectivity index (χ1) is 7.91. The van der Waals surface area contributed by atoms with Crippen LogP contribution in [0.4, 0.5) is 5.69 Å². The lowest BCUT2D eigenvalue weighted by molar-refractivity contribution is -0.386. The van der Waals surface area contributed by atoms with E-state index in [4.69, 9.17) is 5.73 Å². The molecule has 1 aromatic carbocycles. The predicted octanol–water partition coefficient (Wildman–Crippen LogP) is 2.60. The second-order valence-electron chi connectivity index (χ2n) is 5.41. The summed E-state index contributed by atoms with van der Waals surface area (Å²) in [5.41, 5.74) is 7.64. The monoisotopic (exact) mass is 234 g/mol. The van der Waals surface area contributed by atoms with Crippen LogP contribution in [-0.4, -0.2) is 11.5 Å². The second kappa shape index (κ2) is 3.81. The summed E-state index contributed by atoms with van der Waals surface area (Å²) in [6.07, 6.45) is 0. The Kier molecular flexibility index (Phi) is 2.70. The van der Waals surface area contributed by atoms with Gasteiger partial charge in [-0.05, 0) is 24.8 Å². The molecule has 2 atom stereocenters. The number of para-hydroxylation sites is 1. The van der Waals surface area contributed by atoms with E-state index in [1.54, 1.807) is 13.0 Å². The fraction of sp³-hybridized carbons (Fsp3) is 0.538. The highest BCUT2D eigenvalue weighted by atomic mass is 16.6. The molecule has 2 rings (SSSR count). The van der Waals surface area contributed by atoms with E-state index in [-0.39, 0.29) is 21.9 Å². The van der Waals surface area contributed by atoms with Crippen molar-refractivity contribution < 1.29 is 4.92 Å². The maximum atomic E-state index is 11.2. The molecule has 1 fully saturated rings. The van der Waals surface area contributed by atoms with Crippen molar-refractivity contribution in [3.63, 3.8) is 0 Å². The van der Waals surface area contributed by atoms with Crippen LogP contribution in [0.15, 0.2) is 18.2 Å². The quantitative estimate of drug-likeness (QED) is 0.645. The Hall–Kier alpha value is -1.42. The summed E-state index contributed by atoms with van der Waals surface area (Å²) in [7, 11) is 0. The van der Waals surface area contributed by atoms with E-state index in [1.807, 2.05) is 12.1 Å². The second-order valence-corrected chi connectivity index (χ2v) is 5.41. The van der Waals surface area contributed by atoms with Gasteiger partial charge in [-0.3, -0.25) is 10.1 Å². The Morgan fingerprint density at radius 1 is 1.47 bits per heavy atom. The van der Waals surface area contributed by atoms with Gasteiger partial charge < -0.3 is 5.73 Å². The van der Waals surface area contributed by atoms with Gasteiger partial charge in [-0.25, -0.2) is 0 Å². The lowest BCUT2D eigenvalue weighted by Gasteiger charge is -2.06. The summed E-state index contributed by atoms with van der Waals surface area (Å²) >= 11 is 0. The predicted molar refractivity (Wildman–Crippen MR) is 66.9 cm³/mol. The molecule has 1 aliphatic carbocycles. The van der Waals surface area contributed by atoms with Crippen LogP contribution in [0.3, 0.4) is 0 Å². The summed E-state index contributed by atoms with van der Waals surface area (Å²) in [6.45, 7) is 6.62. The molecule has 0 bridgehead atoms. The lowest BCUT2D eigenvalue weighted by atomic mass is 9.99. The minimum Gasteiger partial charge on any atom is -0.330 e. The van der Waals surface area contributed by atoms with Crippen LogP contribution in [0.2, 0.25) is 0 Å². The zero-order valence-electron chi connectivity index (χ0n) is 10.4. The van der Waals surface area contributed by atoms with Gasteiger partial charge in [0.2, 0.25) is 0 Å². The molecule has 1 aromatic rings. The van der Waals surface area contributed by atoms with Gasteiger partial charge in [-0.1, -0.05) is 32.0 Å². The van der Waals surface area contributed by atoms with E-state index in [0.29, 0.717) is 12.5 Å². The first-order valence-corrected chi connectivity index (χ1v) is 5.85. The molecule has 17 heavy (non-hydrogen) atoms. The minimum atomic E-state index is -0.271. The van der Waals surface area contributed by atoms with Crippen LogP contribution >= 0.6 is 0 Å². The number of rotatable bonds is 3. The molecule has 0 spiro atoms. The van der Waals surface area contributed by atoms with E-state index >= 15 is 0 Å². The highest BCUT2D eigenvalue weighted by Crippen LogP contribution is 2.65. The molecule has 0 saturated heterocycles. The Labute approximate surface area is 101 Å². The molecule has 4 heteroatoms. The molecule has 0 unspecified atom stereocenters. The van der Waals surface area contributed by atoms with Crippen LogP contribution in [0.1, 0.15) is 30.9 Å². The molecule has 1 aliphatic rings. The van der Waals surface area contributed by atoms with Gasteiger partial charge in [0.05, 0.1) is 4.92 Å². The number of hydrogen-bond acceptors (Lipinski definition) is 3. The van der Waals surface area contributed by atoms with E-state index < -0.39 is 0 Å². The summed E-state index contributed by atoms with van der Waals surface area (Å²) in [5, 5.41) is 11.2. The summed E-state index contributed by atoms with van der Waals surface area (Å²) in [6, 6.07) is 5.54. The average Bonchev–Trinajstić information content (AvgIpc) is 2.79. The van der Waals surface area contributed by atoms with Crippen molar-refractivity contribution in [3.05, 3.63) is 39.4 Å². The van der Waals surface area contributed by atoms with Gasteiger partial charge in [0.15, 0.2) is 0 Å². The van der Waals surface area contributed by atoms with E-state index in [2.05, 4.69) is 13.8 Å². The van der Waals surface area contributed by atoms with E-state index in [9.17, 15) is 10.1 Å². The largest absolute Gasteiger partial charge is 0.330 e. The zero-order chi connectivity index (χ0) is 12.8. The third-order valence-corrected chi connectivity index (χ3v) is 4.09. The number of benzene rings is 1. The molecule has 0 heterocycles. The van der Waals surface area contributed by atoms with Gasteiger partial charge >= 0.3 is 0 Å². The number of nitrogens with zero attached hydrogens (tertiary/aromatic N) is 1. The summed E-state index contributed by atoms with van der Waals surface area (Å²) in [4.78, 5) is 10.9. The van der Waals surface area contributed by atoms with Gasteiger partial charge in [-0.2, -0.15) is 0 Å². The van der Waals surface area contributed by atoms with Crippen LogP contribution in [0.5, 0.6) is 0 Å². The fourth-order valence-corrected chi connectivity index (χ4v) is 2.98. The SMILES string of the molecule is Cc1cccc([C@@H]2[C@@H](CN)C2(C)C)c1[N+](=O)[O-]. The first kappa shape index (κ1) is 12.0. The topological polar surface area (TPSA) is 69.2 Å². The molecule has 2 N–H and O–H groups in total. The fourth-order valence-electron chi connectivity index (χ4n) is 2.98.